The molecule has 1 aliphatic rings. The van der Waals surface area contributed by atoms with Gasteiger partial charge in [0.2, 0.25) is 5.91 Å². The lowest BCUT2D eigenvalue weighted by Gasteiger charge is -2.18. The Balaban J connectivity index is 1.70. The number of hydrogen-bond acceptors (Lipinski definition) is 3. The van der Waals surface area contributed by atoms with Crippen molar-refractivity contribution in [2.45, 2.75) is 32.2 Å². The molecule has 1 heterocycles. The Morgan fingerprint density at radius 2 is 2.07 bits per heavy atom. The molecular formula is C18H19ClF3N3O2. The topological polar surface area (TPSA) is 47.4 Å². The Morgan fingerprint density at radius 3 is 2.67 bits per heavy atom. The van der Waals surface area contributed by atoms with Gasteiger partial charge in [0.15, 0.2) is 0 Å². The van der Waals surface area contributed by atoms with Crippen LogP contribution in [0.25, 0.3) is 0 Å². The molecule has 3 rings (SSSR count). The SMILES string of the molecule is Cc1nn(C)c(Cl)c1CN(C)C(=O)[C@@H]1C[C@@H]1c1ccccc1OC(F)(F)F. The molecule has 1 amide bonds. The summed E-state index contributed by atoms with van der Waals surface area (Å²) in [5.41, 5.74) is 1.89. The molecule has 0 radical (unpaired) electrons. The third-order valence-electron chi connectivity index (χ3n) is 4.69. The van der Waals surface area contributed by atoms with E-state index in [-0.39, 0.29) is 23.5 Å². The average molecular weight is 402 g/mol. The third-order valence-corrected chi connectivity index (χ3v) is 5.17. The highest BCUT2D eigenvalue weighted by Crippen LogP contribution is 2.51. The van der Waals surface area contributed by atoms with Gasteiger partial charge in [-0.15, -0.1) is 13.2 Å². The van der Waals surface area contributed by atoms with E-state index in [4.69, 9.17) is 11.6 Å². The van der Waals surface area contributed by atoms with Crippen LogP contribution < -0.4 is 4.74 Å². The van der Waals surface area contributed by atoms with Gasteiger partial charge in [0.1, 0.15) is 10.9 Å². The van der Waals surface area contributed by atoms with Gasteiger partial charge in [-0.25, -0.2) is 0 Å². The smallest absolute Gasteiger partial charge is 0.405 e. The Bertz CT molecular complexity index is 866. The molecule has 0 aliphatic heterocycles. The largest absolute Gasteiger partial charge is 0.573 e. The summed E-state index contributed by atoms with van der Waals surface area (Å²) in [5.74, 6) is -1.05. The molecule has 1 aromatic carbocycles. The minimum atomic E-state index is -4.77. The summed E-state index contributed by atoms with van der Waals surface area (Å²) in [4.78, 5) is 14.2. The molecule has 27 heavy (non-hydrogen) atoms. The van der Waals surface area contributed by atoms with E-state index < -0.39 is 6.36 Å². The van der Waals surface area contributed by atoms with Crippen molar-refractivity contribution < 1.29 is 22.7 Å². The fourth-order valence-corrected chi connectivity index (χ4v) is 3.50. The Hall–Kier alpha value is -2.22. The highest BCUT2D eigenvalue weighted by molar-refractivity contribution is 6.30. The van der Waals surface area contributed by atoms with Crippen molar-refractivity contribution in [3.8, 4) is 5.75 Å². The van der Waals surface area contributed by atoms with Crippen LogP contribution in [0.15, 0.2) is 24.3 Å². The van der Waals surface area contributed by atoms with E-state index in [0.717, 1.165) is 11.3 Å². The molecule has 2 atom stereocenters. The molecule has 0 bridgehead atoms. The number of ether oxygens (including phenoxy) is 1. The maximum absolute atomic E-state index is 12.7. The molecule has 1 fully saturated rings. The lowest BCUT2D eigenvalue weighted by molar-refractivity contribution is -0.274. The van der Waals surface area contributed by atoms with Gasteiger partial charge < -0.3 is 9.64 Å². The minimum absolute atomic E-state index is 0.138. The van der Waals surface area contributed by atoms with E-state index in [9.17, 15) is 18.0 Å². The molecule has 1 aromatic heterocycles. The monoisotopic (exact) mass is 401 g/mol. The number of carbonyl (C=O) groups is 1. The lowest BCUT2D eigenvalue weighted by Crippen LogP contribution is -2.28. The van der Waals surface area contributed by atoms with Crippen molar-refractivity contribution in [1.82, 2.24) is 14.7 Å². The van der Waals surface area contributed by atoms with Gasteiger partial charge in [-0.3, -0.25) is 9.48 Å². The molecule has 146 valence electrons. The maximum Gasteiger partial charge on any atom is 0.573 e. The number of alkyl halides is 3. The summed E-state index contributed by atoms with van der Waals surface area (Å²) in [6.45, 7) is 2.10. The summed E-state index contributed by atoms with van der Waals surface area (Å²) in [7, 11) is 3.37. The van der Waals surface area contributed by atoms with Crippen LogP contribution in [0.5, 0.6) is 5.75 Å². The van der Waals surface area contributed by atoms with Crippen LogP contribution in [-0.4, -0.2) is 34.0 Å². The van der Waals surface area contributed by atoms with Crippen molar-refractivity contribution in [1.29, 1.82) is 0 Å². The van der Waals surface area contributed by atoms with Crippen molar-refractivity contribution in [3.63, 3.8) is 0 Å². The summed E-state index contributed by atoms with van der Waals surface area (Å²) in [6.07, 6.45) is -4.28. The number of aryl methyl sites for hydroxylation is 2. The second kappa shape index (κ2) is 7.07. The Labute approximate surface area is 159 Å². The van der Waals surface area contributed by atoms with E-state index in [1.807, 2.05) is 6.92 Å². The fraction of sp³-hybridized carbons (Fsp3) is 0.444. The van der Waals surface area contributed by atoms with E-state index in [1.165, 1.54) is 21.7 Å². The number of carbonyl (C=O) groups excluding carboxylic acids is 1. The van der Waals surface area contributed by atoms with Crippen LogP contribution in [0.1, 0.15) is 29.2 Å². The van der Waals surface area contributed by atoms with Crippen molar-refractivity contribution >= 4 is 17.5 Å². The first-order valence-corrected chi connectivity index (χ1v) is 8.74. The third kappa shape index (κ3) is 4.21. The average Bonchev–Trinajstić information content (AvgIpc) is 3.33. The van der Waals surface area contributed by atoms with Gasteiger partial charge in [-0.1, -0.05) is 29.8 Å². The van der Waals surface area contributed by atoms with Crippen LogP contribution in [0.2, 0.25) is 5.15 Å². The number of amides is 1. The van der Waals surface area contributed by atoms with Crippen LogP contribution in [0, 0.1) is 12.8 Å². The molecular weight excluding hydrogens is 383 g/mol. The zero-order valence-corrected chi connectivity index (χ0v) is 15.8. The minimum Gasteiger partial charge on any atom is -0.405 e. The first-order valence-electron chi connectivity index (χ1n) is 8.36. The molecule has 0 unspecified atom stereocenters. The summed E-state index contributed by atoms with van der Waals surface area (Å²) in [6, 6.07) is 5.95. The van der Waals surface area contributed by atoms with Gasteiger partial charge in [-0.2, -0.15) is 5.10 Å². The van der Waals surface area contributed by atoms with E-state index in [2.05, 4.69) is 9.84 Å². The predicted octanol–water partition coefficient (Wildman–Crippen LogP) is 4.04. The summed E-state index contributed by atoms with van der Waals surface area (Å²) >= 11 is 6.20. The van der Waals surface area contributed by atoms with Crippen LogP contribution in [0.4, 0.5) is 13.2 Å². The van der Waals surface area contributed by atoms with Crippen LogP contribution in [-0.2, 0) is 18.4 Å². The van der Waals surface area contributed by atoms with Crippen molar-refractivity contribution in [2.75, 3.05) is 7.05 Å². The number of hydrogen-bond donors (Lipinski definition) is 0. The second-order valence-corrected chi connectivity index (χ2v) is 7.07. The van der Waals surface area contributed by atoms with Crippen LogP contribution >= 0.6 is 11.6 Å². The zero-order chi connectivity index (χ0) is 19.9. The molecule has 5 nitrogen and oxygen atoms in total. The van der Waals surface area contributed by atoms with E-state index in [1.54, 1.807) is 26.2 Å². The quantitative estimate of drug-likeness (QED) is 0.759. The first kappa shape index (κ1) is 19.5. The van der Waals surface area contributed by atoms with E-state index >= 15 is 0 Å². The summed E-state index contributed by atoms with van der Waals surface area (Å²) < 4.78 is 43.4. The molecule has 0 N–H and O–H groups in total. The molecule has 0 spiro atoms. The molecule has 2 aromatic rings. The maximum atomic E-state index is 12.7. The number of nitrogens with zero attached hydrogens (tertiary/aromatic N) is 3. The molecule has 9 heteroatoms. The van der Waals surface area contributed by atoms with Gasteiger partial charge in [0, 0.05) is 25.6 Å². The molecule has 1 saturated carbocycles. The predicted molar refractivity (Wildman–Crippen MR) is 93.4 cm³/mol. The highest BCUT2D eigenvalue weighted by Gasteiger charge is 2.47. The molecule has 0 saturated heterocycles. The first-order chi connectivity index (χ1) is 12.6. The summed E-state index contributed by atoms with van der Waals surface area (Å²) in [5, 5.41) is 4.68. The fourth-order valence-electron chi connectivity index (χ4n) is 3.27. The number of benzene rings is 1. The normalized spacial score (nSPS) is 19.1. The number of halogens is 4. The Kier molecular flexibility index (Phi) is 5.12. The molecule has 1 aliphatic carbocycles. The van der Waals surface area contributed by atoms with Crippen molar-refractivity contribution in [3.05, 3.63) is 46.2 Å². The second-order valence-electron chi connectivity index (χ2n) is 6.71. The standard InChI is InChI=1S/C18H19ClF3N3O2/c1-10-14(16(19)25(3)23-10)9-24(2)17(26)13-8-12(13)11-6-4-5-7-15(11)27-18(20,21)22/h4-7,12-13H,8-9H2,1-3H3/t12-,13-/m1/s1. The number of aromatic nitrogens is 2. The van der Waals surface area contributed by atoms with Gasteiger partial charge in [0.05, 0.1) is 12.2 Å². The Morgan fingerprint density at radius 1 is 1.41 bits per heavy atom. The highest BCUT2D eigenvalue weighted by atomic mass is 35.5. The van der Waals surface area contributed by atoms with Crippen molar-refractivity contribution in [2.24, 2.45) is 13.0 Å². The van der Waals surface area contributed by atoms with Crippen LogP contribution in [0.3, 0.4) is 0 Å². The van der Waals surface area contributed by atoms with Gasteiger partial charge in [0.25, 0.3) is 0 Å². The van der Waals surface area contributed by atoms with Gasteiger partial charge >= 0.3 is 6.36 Å². The number of para-hydroxylation sites is 1. The lowest BCUT2D eigenvalue weighted by atomic mass is 10.1. The number of rotatable bonds is 5. The zero-order valence-electron chi connectivity index (χ0n) is 15.0. The van der Waals surface area contributed by atoms with Gasteiger partial charge in [-0.05, 0) is 30.9 Å². The van der Waals surface area contributed by atoms with E-state index in [0.29, 0.717) is 23.7 Å².